The highest BCUT2D eigenvalue weighted by molar-refractivity contribution is 8.13. The highest BCUT2D eigenvalue weighted by atomic mass is 32.2. The van der Waals surface area contributed by atoms with Crippen LogP contribution in [-0.4, -0.2) is 139 Å². The van der Waals surface area contributed by atoms with Gasteiger partial charge in [-0.1, -0.05) is 55.9 Å². The lowest BCUT2D eigenvalue weighted by atomic mass is 9.87. The third kappa shape index (κ3) is 15.1. The average Bonchev–Trinajstić information content (AvgIpc) is 3.76. The van der Waals surface area contributed by atoms with E-state index < -0.39 is 114 Å². The normalized spacial score (nSPS) is 21.5. The van der Waals surface area contributed by atoms with Crippen LogP contribution < -0.4 is 16.4 Å². The number of phosphoric ester groups is 3. The number of carboxylic acids is 1. The number of phosphoric acid groups is 3. The van der Waals surface area contributed by atoms with E-state index in [1.165, 1.54) is 13.8 Å². The Labute approximate surface area is 361 Å². The molecule has 0 spiro atoms. The molecule has 1 aliphatic rings. The summed E-state index contributed by atoms with van der Waals surface area (Å²) in [5.74, 6) is -4.18. The lowest BCUT2D eigenvalue weighted by Crippen LogP contribution is -2.46. The molecule has 0 radical (unpaired) electrons. The Kier molecular flexibility index (Phi) is 18.0. The van der Waals surface area contributed by atoms with Gasteiger partial charge in [-0.05, 0) is 5.56 Å². The molecule has 12 N–H and O–H groups in total. The summed E-state index contributed by atoms with van der Waals surface area (Å²) in [5.41, 5.74) is 4.53. The summed E-state index contributed by atoms with van der Waals surface area (Å²) in [4.78, 5) is 100. The number of ether oxygens (including phenoxy) is 1. The number of nitrogens with one attached hydrogen (secondary N) is 2. The van der Waals surface area contributed by atoms with Crippen molar-refractivity contribution in [3.8, 4) is 0 Å². The molecule has 2 aromatic heterocycles. The Morgan fingerprint density at radius 3 is 2.30 bits per heavy atom. The number of nitrogens with zero attached hydrogens (tertiary/aromatic N) is 4. The molecule has 1 saturated heterocycles. The number of aromatic nitrogens is 4. The highest BCUT2D eigenvalue weighted by Gasteiger charge is 2.50. The molecule has 0 bridgehead atoms. The maximum atomic E-state index is 12.7. The summed E-state index contributed by atoms with van der Waals surface area (Å²) in [7, 11) is -16.5. The van der Waals surface area contributed by atoms with Crippen LogP contribution in [0.1, 0.15) is 44.6 Å². The third-order valence-corrected chi connectivity index (χ3v) is 13.1. The fraction of sp³-hybridized carbons (Fsp3) is 0.531. The number of fused-ring (bicyclic) bond motifs is 1. The summed E-state index contributed by atoms with van der Waals surface area (Å²) in [6, 6.07) is 8.05. The van der Waals surface area contributed by atoms with Crippen molar-refractivity contribution >= 4 is 75.1 Å². The predicted octanol–water partition coefficient (Wildman–Crippen LogP) is -0.511. The molecule has 3 heterocycles. The number of carbonyl (C=O) groups is 4. The zero-order valence-corrected chi connectivity index (χ0v) is 36.6. The van der Waals surface area contributed by atoms with Crippen LogP contribution in [0.4, 0.5) is 5.82 Å². The van der Waals surface area contributed by atoms with Gasteiger partial charge in [0.2, 0.25) is 11.8 Å². The lowest BCUT2D eigenvalue weighted by Gasteiger charge is -2.30. The maximum Gasteiger partial charge on any atom is 0.481 e. The van der Waals surface area contributed by atoms with Crippen LogP contribution >= 0.6 is 35.2 Å². The van der Waals surface area contributed by atoms with Gasteiger partial charge in [-0.3, -0.25) is 37.3 Å². The van der Waals surface area contributed by atoms with Crippen LogP contribution in [0.5, 0.6) is 0 Å². The monoisotopic (exact) mass is 973 g/mol. The van der Waals surface area contributed by atoms with E-state index in [0.29, 0.717) is 5.56 Å². The highest BCUT2D eigenvalue weighted by Crippen LogP contribution is 2.61. The summed E-state index contributed by atoms with van der Waals surface area (Å²) in [6.07, 6.45) is -9.23. The number of anilines is 1. The molecule has 3 aromatic rings. The van der Waals surface area contributed by atoms with Crippen molar-refractivity contribution < 1.29 is 95.5 Å². The molecule has 0 aliphatic carbocycles. The van der Waals surface area contributed by atoms with Gasteiger partial charge in [-0.15, -0.1) is 0 Å². The molecule has 63 heavy (non-hydrogen) atoms. The number of hydrogen-bond acceptors (Lipinski definition) is 20. The van der Waals surface area contributed by atoms with Crippen LogP contribution in [0.2, 0.25) is 0 Å². The number of carboxylic acid groups (broad SMARTS) is 1. The van der Waals surface area contributed by atoms with E-state index in [1.807, 2.05) is 0 Å². The van der Waals surface area contributed by atoms with Crippen molar-refractivity contribution in [2.24, 2.45) is 11.3 Å². The quantitative estimate of drug-likeness (QED) is 0.0398. The second kappa shape index (κ2) is 21.9. The Hall–Kier alpha value is -3.79. The Morgan fingerprint density at radius 1 is 0.984 bits per heavy atom. The second-order valence-corrected chi connectivity index (χ2v) is 19.6. The average molecular weight is 974 g/mol. The van der Waals surface area contributed by atoms with Gasteiger partial charge >= 0.3 is 29.4 Å². The van der Waals surface area contributed by atoms with Crippen molar-refractivity contribution in [2.75, 3.05) is 37.8 Å². The number of rotatable bonds is 24. The molecule has 1 aliphatic heterocycles. The molecule has 27 nitrogen and oxygen atoms in total. The Bertz CT molecular complexity index is 2230. The number of nitrogen functional groups attached to an aromatic ring is 1. The van der Waals surface area contributed by atoms with Crippen LogP contribution in [0, 0.1) is 11.3 Å². The second-order valence-electron chi connectivity index (χ2n) is 14.3. The van der Waals surface area contributed by atoms with E-state index in [0.717, 1.165) is 29.0 Å². The minimum Gasteiger partial charge on any atom is -0.481 e. The van der Waals surface area contributed by atoms with E-state index in [2.05, 4.69) is 34.4 Å². The number of aliphatic hydroxyl groups excluding tert-OH is 3. The minimum atomic E-state index is -5.61. The van der Waals surface area contributed by atoms with Crippen LogP contribution in [-0.2, 0) is 55.5 Å². The molecule has 4 rings (SSSR count). The van der Waals surface area contributed by atoms with Gasteiger partial charge < -0.3 is 61.1 Å². The van der Waals surface area contributed by atoms with Gasteiger partial charge in [-0.2, -0.15) is 4.31 Å². The summed E-state index contributed by atoms with van der Waals surface area (Å²) in [5, 5.41) is 45.6. The van der Waals surface area contributed by atoms with E-state index >= 15 is 0 Å². The number of thioether (sulfide) groups is 1. The summed E-state index contributed by atoms with van der Waals surface area (Å²) in [6.45, 7) is -0.0131. The molecule has 1 aromatic carbocycles. The third-order valence-electron chi connectivity index (χ3n) is 8.97. The molecule has 1 fully saturated rings. The van der Waals surface area contributed by atoms with E-state index in [9.17, 15) is 72.9 Å². The molecule has 0 saturated carbocycles. The van der Waals surface area contributed by atoms with Gasteiger partial charge in [0.1, 0.15) is 36.3 Å². The molecule has 2 amide bonds. The number of imidazole rings is 1. The van der Waals surface area contributed by atoms with Crippen LogP contribution in [0.3, 0.4) is 0 Å². The number of benzene rings is 1. The lowest BCUT2D eigenvalue weighted by molar-refractivity contribution is -0.141. The molecule has 350 valence electrons. The Balaban J connectivity index is 1.21. The number of carbonyl (C=O) groups excluding carboxylic acids is 3. The van der Waals surface area contributed by atoms with Crippen LogP contribution in [0.15, 0.2) is 43.0 Å². The first-order valence-electron chi connectivity index (χ1n) is 18.3. The molecule has 4 unspecified atom stereocenters. The molecule has 31 heteroatoms. The smallest absolute Gasteiger partial charge is 0.481 e. The number of hydrogen-bond donors (Lipinski definition) is 11. The largest absolute Gasteiger partial charge is 0.481 e. The summed E-state index contributed by atoms with van der Waals surface area (Å²) >= 11 is 0.720. The standard InChI is InChI=1S/C32H46N7O20P3S/c1-32(2,26(45)29(46)35-9-8-20(40)34-10-11-63-31(47)18(12-21(41)42)23(43)17-6-4-3-5-7-17)14-56-62(53,54)59-61(51,52)55-13-19-25(58-60(48,49)50)24(44)30(57-19)39-16-38-22-27(33)36-15-37-28(22)39/h3-7,15-16,18-19,23-26,30,43-45H,8-14H2,1-2H3,(H,34,40)(H,35,46)(H,41,42)(H,51,52)(H,53,54)(H2,33,36,37)(H2,48,49,50)/t18?,19-,23?,24-,25-,26+,30-/m1/s1. The van der Waals surface area contributed by atoms with E-state index in [-0.39, 0.29) is 42.2 Å². The van der Waals surface area contributed by atoms with Crippen molar-refractivity contribution in [1.29, 1.82) is 0 Å². The van der Waals surface area contributed by atoms with Crippen molar-refractivity contribution in [2.45, 2.75) is 63.4 Å². The first-order valence-corrected chi connectivity index (χ1v) is 23.8. The van der Waals surface area contributed by atoms with Crippen molar-refractivity contribution in [1.82, 2.24) is 30.2 Å². The van der Waals surface area contributed by atoms with Crippen LogP contribution in [0.25, 0.3) is 11.2 Å². The van der Waals surface area contributed by atoms with Gasteiger partial charge in [0, 0.05) is 30.7 Å². The number of aliphatic carboxylic acids is 1. The SMILES string of the molecule is CC(C)(COP(=O)(O)OP(=O)(O)OC[C@H]1O[C@@H](n2cnc3c(N)ncnc32)[C@H](O)[C@@H]1OP(=O)(O)O)[C@@H](O)C(=O)NCCC(=O)NCCSC(=O)C(CC(=O)O)C(O)c1ccccc1. The number of nitrogens with two attached hydrogens (primary N) is 1. The topological polar surface area (TPSA) is 421 Å². The fourth-order valence-electron chi connectivity index (χ4n) is 5.78. The fourth-order valence-corrected chi connectivity index (χ4v) is 9.44. The molecular weight excluding hydrogens is 927 g/mol. The van der Waals surface area contributed by atoms with Crippen molar-refractivity contribution in [3.63, 3.8) is 0 Å². The van der Waals surface area contributed by atoms with Gasteiger partial charge in [0.15, 0.2) is 22.8 Å². The zero-order chi connectivity index (χ0) is 46.9. The maximum absolute atomic E-state index is 12.7. The molecule has 9 atom stereocenters. The first-order chi connectivity index (χ1) is 29.3. The molecular formula is C32H46N7O20P3S. The number of aliphatic hydroxyl groups is 3. The van der Waals surface area contributed by atoms with Gasteiger partial charge in [-0.25, -0.2) is 28.6 Å². The van der Waals surface area contributed by atoms with Gasteiger partial charge in [0.25, 0.3) is 0 Å². The van der Waals surface area contributed by atoms with E-state index in [4.69, 9.17) is 19.5 Å². The van der Waals surface area contributed by atoms with Crippen molar-refractivity contribution in [3.05, 3.63) is 48.5 Å². The zero-order valence-electron chi connectivity index (χ0n) is 33.1. The number of amides is 2. The summed E-state index contributed by atoms with van der Waals surface area (Å²) < 4.78 is 62.2. The van der Waals surface area contributed by atoms with Gasteiger partial charge in [0.05, 0.1) is 38.0 Å². The first kappa shape index (κ1) is 51.8. The van der Waals surface area contributed by atoms with E-state index in [1.54, 1.807) is 30.3 Å². The Morgan fingerprint density at radius 2 is 1.65 bits per heavy atom. The minimum absolute atomic E-state index is 0.0125. The predicted molar refractivity (Wildman–Crippen MR) is 214 cm³/mol.